The highest BCUT2D eigenvalue weighted by Gasteiger charge is 2.12. The number of para-hydroxylation sites is 1. The first-order valence-corrected chi connectivity index (χ1v) is 11.4. The van der Waals surface area contributed by atoms with Crippen molar-refractivity contribution in [3.05, 3.63) is 89.6 Å². The molecule has 1 aromatic heterocycles. The van der Waals surface area contributed by atoms with Gasteiger partial charge in [0.15, 0.2) is 0 Å². The lowest BCUT2D eigenvalue weighted by Crippen LogP contribution is -2.15. The Morgan fingerprint density at radius 2 is 1.58 bits per heavy atom. The lowest BCUT2D eigenvalue weighted by Gasteiger charge is -2.12. The Labute approximate surface area is 196 Å². The molecule has 0 radical (unpaired) electrons. The molecule has 3 aromatic carbocycles. The van der Waals surface area contributed by atoms with E-state index in [2.05, 4.69) is 66.2 Å². The Balaban J connectivity index is 1.47. The molecule has 0 saturated carbocycles. The quantitative estimate of drug-likeness (QED) is 0.343. The van der Waals surface area contributed by atoms with Crippen LogP contribution in [0.3, 0.4) is 0 Å². The van der Waals surface area contributed by atoms with E-state index >= 15 is 0 Å². The highest BCUT2D eigenvalue weighted by molar-refractivity contribution is 6.04. The minimum absolute atomic E-state index is 0.115. The summed E-state index contributed by atoms with van der Waals surface area (Å²) in [5.74, 6) is -0.115. The van der Waals surface area contributed by atoms with Crippen LogP contribution in [0, 0.1) is 13.8 Å². The van der Waals surface area contributed by atoms with Crippen LogP contribution in [0.25, 0.3) is 10.9 Å². The molecule has 0 saturated heterocycles. The summed E-state index contributed by atoms with van der Waals surface area (Å²) >= 11 is 0. The summed E-state index contributed by atoms with van der Waals surface area (Å²) < 4.78 is 2.43. The SMILES string of the molecule is Cc1c(C)n(CCCN(C)C)c2ccc(Nc3ccc(C(=O)Nc4ccccc4)cc3)cc12. The van der Waals surface area contributed by atoms with Gasteiger partial charge in [0.25, 0.3) is 5.91 Å². The maximum Gasteiger partial charge on any atom is 0.255 e. The van der Waals surface area contributed by atoms with Gasteiger partial charge in [-0.2, -0.15) is 0 Å². The second-order valence-electron chi connectivity index (χ2n) is 8.77. The fourth-order valence-corrected chi connectivity index (χ4v) is 4.16. The number of nitrogens with one attached hydrogen (secondary N) is 2. The highest BCUT2D eigenvalue weighted by Crippen LogP contribution is 2.29. The number of carbonyl (C=O) groups is 1. The number of anilines is 3. The zero-order chi connectivity index (χ0) is 23.4. The summed E-state index contributed by atoms with van der Waals surface area (Å²) in [6, 6.07) is 23.6. The van der Waals surface area contributed by atoms with Crippen LogP contribution >= 0.6 is 0 Å². The second-order valence-corrected chi connectivity index (χ2v) is 8.77. The van der Waals surface area contributed by atoms with Crippen LogP contribution in [-0.4, -0.2) is 36.0 Å². The van der Waals surface area contributed by atoms with Gasteiger partial charge in [0.1, 0.15) is 0 Å². The fourth-order valence-electron chi connectivity index (χ4n) is 4.16. The number of rotatable bonds is 8. The summed E-state index contributed by atoms with van der Waals surface area (Å²) in [6.45, 7) is 6.51. The Morgan fingerprint density at radius 3 is 2.27 bits per heavy atom. The van der Waals surface area contributed by atoms with E-state index in [-0.39, 0.29) is 5.91 Å². The number of carbonyl (C=O) groups excluding carboxylic acids is 1. The van der Waals surface area contributed by atoms with E-state index in [4.69, 9.17) is 0 Å². The van der Waals surface area contributed by atoms with Crippen molar-refractivity contribution in [2.45, 2.75) is 26.8 Å². The zero-order valence-electron chi connectivity index (χ0n) is 19.9. The predicted octanol–water partition coefficient (Wildman–Crippen LogP) is 6.21. The summed E-state index contributed by atoms with van der Waals surface area (Å²) in [7, 11) is 4.23. The van der Waals surface area contributed by atoms with Crippen molar-refractivity contribution < 1.29 is 4.79 Å². The van der Waals surface area contributed by atoms with Gasteiger partial charge in [-0.3, -0.25) is 4.79 Å². The molecule has 0 aliphatic rings. The normalized spacial score (nSPS) is 11.2. The van der Waals surface area contributed by atoms with E-state index in [0.29, 0.717) is 5.56 Å². The Morgan fingerprint density at radius 1 is 0.879 bits per heavy atom. The maximum absolute atomic E-state index is 12.5. The minimum atomic E-state index is -0.115. The smallest absolute Gasteiger partial charge is 0.255 e. The third-order valence-electron chi connectivity index (χ3n) is 6.09. The molecule has 0 unspecified atom stereocenters. The van der Waals surface area contributed by atoms with Crippen molar-refractivity contribution in [2.75, 3.05) is 31.3 Å². The number of amides is 1. The van der Waals surface area contributed by atoms with Gasteiger partial charge in [0, 0.05) is 45.8 Å². The third-order valence-corrected chi connectivity index (χ3v) is 6.09. The first-order chi connectivity index (χ1) is 15.9. The van der Waals surface area contributed by atoms with Gasteiger partial charge in [-0.1, -0.05) is 18.2 Å². The molecule has 5 heteroatoms. The molecule has 0 aliphatic carbocycles. The number of hydrogen-bond donors (Lipinski definition) is 2. The summed E-state index contributed by atoms with van der Waals surface area (Å²) in [4.78, 5) is 14.7. The lowest BCUT2D eigenvalue weighted by molar-refractivity contribution is 0.102. The molecule has 0 atom stereocenters. The Hall–Kier alpha value is -3.57. The van der Waals surface area contributed by atoms with Gasteiger partial charge in [-0.15, -0.1) is 0 Å². The number of fused-ring (bicyclic) bond motifs is 1. The van der Waals surface area contributed by atoms with E-state index < -0.39 is 0 Å². The maximum atomic E-state index is 12.5. The molecule has 170 valence electrons. The van der Waals surface area contributed by atoms with Gasteiger partial charge >= 0.3 is 0 Å². The molecule has 0 bridgehead atoms. The van der Waals surface area contributed by atoms with Crippen LogP contribution in [0.5, 0.6) is 0 Å². The van der Waals surface area contributed by atoms with Crippen molar-refractivity contribution in [1.29, 1.82) is 0 Å². The van der Waals surface area contributed by atoms with E-state index in [9.17, 15) is 4.79 Å². The predicted molar refractivity (Wildman–Crippen MR) is 139 cm³/mol. The molecule has 33 heavy (non-hydrogen) atoms. The van der Waals surface area contributed by atoms with Crippen LogP contribution in [0.4, 0.5) is 17.1 Å². The average Bonchev–Trinajstić information content (AvgIpc) is 3.04. The second kappa shape index (κ2) is 9.92. The van der Waals surface area contributed by atoms with Crippen molar-refractivity contribution in [2.24, 2.45) is 0 Å². The molecular formula is C28H32N4O. The van der Waals surface area contributed by atoms with Crippen LogP contribution < -0.4 is 10.6 Å². The lowest BCUT2D eigenvalue weighted by atomic mass is 10.1. The summed E-state index contributed by atoms with van der Waals surface area (Å²) in [5.41, 5.74) is 7.34. The minimum Gasteiger partial charge on any atom is -0.356 e. The molecule has 0 spiro atoms. The van der Waals surface area contributed by atoms with Gasteiger partial charge < -0.3 is 20.1 Å². The fraction of sp³-hybridized carbons (Fsp3) is 0.250. The van der Waals surface area contributed by atoms with E-state index in [0.717, 1.165) is 36.6 Å². The number of benzene rings is 3. The standard InChI is InChI=1S/C28H32N4O/c1-20-21(2)32(18-8-17-31(3)4)27-16-15-25(19-26(20)27)29-24-13-11-22(12-14-24)28(33)30-23-9-6-5-7-10-23/h5-7,9-16,19,29H,8,17-18H2,1-4H3,(H,30,33). The first kappa shape index (κ1) is 22.6. The van der Waals surface area contributed by atoms with Gasteiger partial charge in [-0.05, 0) is 101 Å². The van der Waals surface area contributed by atoms with Crippen molar-refractivity contribution >= 4 is 33.9 Å². The van der Waals surface area contributed by atoms with E-state index in [1.165, 1.54) is 22.2 Å². The molecule has 0 aliphatic heterocycles. The number of nitrogens with zero attached hydrogens (tertiary/aromatic N) is 2. The van der Waals surface area contributed by atoms with Crippen LogP contribution in [0.15, 0.2) is 72.8 Å². The molecule has 5 nitrogen and oxygen atoms in total. The molecule has 1 amide bonds. The van der Waals surface area contributed by atoms with Gasteiger partial charge in [0.2, 0.25) is 0 Å². The van der Waals surface area contributed by atoms with Crippen LogP contribution in [0.2, 0.25) is 0 Å². The summed E-state index contributed by atoms with van der Waals surface area (Å²) in [6.07, 6.45) is 1.13. The van der Waals surface area contributed by atoms with Gasteiger partial charge in [0.05, 0.1) is 0 Å². The van der Waals surface area contributed by atoms with Crippen molar-refractivity contribution in [1.82, 2.24) is 9.47 Å². The average molecular weight is 441 g/mol. The largest absolute Gasteiger partial charge is 0.356 e. The topological polar surface area (TPSA) is 49.3 Å². The van der Waals surface area contributed by atoms with Crippen molar-refractivity contribution in [3.63, 3.8) is 0 Å². The van der Waals surface area contributed by atoms with Crippen LogP contribution in [-0.2, 0) is 6.54 Å². The van der Waals surface area contributed by atoms with Crippen LogP contribution in [0.1, 0.15) is 28.0 Å². The van der Waals surface area contributed by atoms with Crippen molar-refractivity contribution in [3.8, 4) is 0 Å². The van der Waals surface area contributed by atoms with E-state index in [1.54, 1.807) is 0 Å². The molecule has 4 aromatic rings. The molecule has 2 N–H and O–H groups in total. The molecular weight excluding hydrogens is 408 g/mol. The summed E-state index contributed by atoms with van der Waals surface area (Å²) in [5, 5.41) is 7.67. The molecule has 1 heterocycles. The zero-order valence-corrected chi connectivity index (χ0v) is 19.9. The molecule has 4 rings (SSSR count). The monoisotopic (exact) mass is 440 g/mol. The highest BCUT2D eigenvalue weighted by atomic mass is 16.1. The Bertz CT molecular complexity index is 1240. The number of hydrogen-bond acceptors (Lipinski definition) is 3. The number of aromatic nitrogens is 1. The van der Waals surface area contributed by atoms with E-state index in [1.807, 2.05) is 54.6 Å². The number of aryl methyl sites for hydroxylation is 2. The first-order valence-electron chi connectivity index (χ1n) is 11.4. The molecule has 0 fully saturated rings. The third kappa shape index (κ3) is 5.26. The Kier molecular flexibility index (Phi) is 6.80. The van der Waals surface area contributed by atoms with Gasteiger partial charge in [-0.25, -0.2) is 0 Å².